The summed E-state index contributed by atoms with van der Waals surface area (Å²) in [6.45, 7) is 2.02. The maximum atomic E-state index is 13.7. The molecule has 0 saturated heterocycles. The van der Waals surface area contributed by atoms with E-state index in [0.717, 1.165) is 15.7 Å². The first-order valence-electron chi connectivity index (χ1n) is 5.33. The molecule has 0 aliphatic heterocycles. The van der Waals surface area contributed by atoms with Gasteiger partial charge in [-0.05, 0) is 42.8 Å². The summed E-state index contributed by atoms with van der Waals surface area (Å²) in [6, 6.07) is 12.9. The van der Waals surface area contributed by atoms with Crippen molar-refractivity contribution in [3.05, 3.63) is 58.3 Å². The largest absolute Gasteiger partial charge is 0.342 e. The van der Waals surface area contributed by atoms with Crippen molar-refractivity contribution in [3.8, 4) is 0 Å². The van der Waals surface area contributed by atoms with Gasteiger partial charge in [-0.1, -0.05) is 28.1 Å². The molecule has 0 aromatic heterocycles. The summed E-state index contributed by atoms with van der Waals surface area (Å²) in [5, 5.41) is 0. The van der Waals surface area contributed by atoms with Gasteiger partial charge in [-0.25, -0.2) is 4.39 Å². The van der Waals surface area contributed by atoms with Crippen LogP contribution in [0.4, 0.5) is 15.8 Å². The zero-order chi connectivity index (χ0) is 12.4. The van der Waals surface area contributed by atoms with Crippen molar-refractivity contribution >= 4 is 27.3 Å². The van der Waals surface area contributed by atoms with Crippen LogP contribution in [0, 0.1) is 12.7 Å². The van der Waals surface area contributed by atoms with Crippen molar-refractivity contribution in [2.45, 2.75) is 6.92 Å². The number of nitrogens with zero attached hydrogens (tertiary/aromatic N) is 1. The van der Waals surface area contributed by atoms with E-state index in [0.29, 0.717) is 5.69 Å². The van der Waals surface area contributed by atoms with E-state index >= 15 is 0 Å². The summed E-state index contributed by atoms with van der Waals surface area (Å²) < 4.78 is 14.6. The minimum absolute atomic E-state index is 0.225. The molecule has 0 heterocycles. The Hall–Kier alpha value is -1.35. The van der Waals surface area contributed by atoms with Gasteiger partial charge >= 0.3 is 0 Å². The summed E-state index contributed by atoms with van der Waals surface area (Å²) in [4.78, 5) is 1.84. The molecule has 0 atom stereocenters. The van der Waals surface area contributed by atoms with Crippen molar-refractivity contribution in [2.75, 3.05) is 11.9 Å². The van der Waals surface area contributed by atoms with Crippen molar-refractivity contribution in [3.63, 3.8) is 0 Å². The fourth-order valence-electron chi connectivity index (χ4n) is 1.72. The molecule has 0 bridgehead atoms. The van der Waals surface area contributed by atoms with E-state index in [4.69, 9.17) is 0 Å². The summed E-state index contributed by atoms with van der Waals surface area (Å²) in [6.07, 6.45) is 0. The summed E-state index contributed by atoms with van der Waals surface area (Å²) in [5.74, 6) is -0.225. The predicted octanol–water partition coefficient (Wildman–Crippen LogP) is 4.66. The molecule has 2 aromatic carbocycles. The van der Waals surface area contributed by atoms with Gasteiger partial charge in [0.05, 0.1) is 5.69 Å². The number of benzene rings is 2. The Bertz CT molecular complexity index is 539. The topological polar surface area (TPSA) is 3.24 Å². The van der Waals surface area contributed by atoms with Gasteiger partial charge in [-0.15, -0.1) is 0 Å². The molecule has 0 aliphatic rings. The summed E-state index contributed by atoms with van der Waals surface area (Å²) >= 11 is 3.36. The lowest BCUT2D eigenvalue weighted by atomic mass is 10.2. The highest BCUT2D eigenvalue weighted by Gasteiger charge is 2.09. The Labute approximate surface area is 109 Å². The van der Waals surface area contributed by atoms with Crippen molar-refractivity contribution in [1.29, 1.82) is 0 Å². The van der Waals surface area contributed by atoms with Crippen LogP contribution in [0.3, 0.4) is 0 Å². The van der Waals surface area contributed by atoms with Crippen LogP contribution in [0.5, 0.6) is 0 Å². The first-order chi connectivity index (χ1) is 8.08. The number of aryl methyl sites for hydroxylation is 1. The molecule has 0 saturated carbocycles. The lowest BCUT2D eigenvalue weighted by Gasteiger charge is -2.20. The molecule has 0 fully saturated rings. The predicted molar refractivity (Wildman–Crippen MR) is 73.3 cm³/mol. The first-order valence-corrected chi connectivity index (χ1v) is 6.12. The van der Waals surface area contributed by atoms with Crippen molar-refractivity contribution < 1.29 is 4.39 Å². The van der Waals surface area contributed by atoms with Crippen molar-refractivity contribution in [1.82, 2.24) is 0 Å². The zero-order valence-corrected chi connectivity index (χ0v) is 11.3. The highest BCUT2D eigenvalue weighted by Crippen LogP contribution is 2.29. The lowest BCUT2D eigenvalue weighted by molar-refractivity contribution is 0.627. The Morgan fingerprint density at radius 1 is 1.12 bits per heavy atom. The van der Waals surface area contributed by atoms with Crippen LogP contribution in [0.15, 0.2) is 46.9 Å². The highest BCUT2D eigenvalue weighted by atomic mass is 79.9. The quantitative estimate of drug-likeness (QED) is 0.778. The van der Waals surface area contributed by atoms with Gasteiger partial charge < -0.3 is 4.90 Å². The minimum Gasteiger partial charge on any atom is -0.342 e. The monoisotopic (exact) mass is 293 g/mol. The normalized spacial score (nSPS) is 10.4. The van der Waals surface area contributed by atoms with Crippen molar-refractivity contribution in [2.24, 2.45) is 0 Å². The highest BCUT2D eigenvalue weighted by molar-refractivity contribution is 9.10. The zero-order valence-electron chi connectivity index (χ0n) is 9.74. The molecule has 0 aliphatic carbocycles. The molecule has 2 rings (SSSR count). The van der Waals surface area contributed by atoms with Crippen LogP contribution in [-0.2, 0) is 0 Å². The van der Waals surface area contributed by atoms with Crippen LogP contribution in [-0.4, -0.2) is 7.05 Å². The summed E-state index contributed by atoms with van der Waals surface area (Å²) in [7, 11) is 1.86. The number of hydrogen-bond donors (Lipinski definition) is 0. The molecule has 0 N–H and O–H groups in total. The van der Waals surface area contributed by atoms with E-state index < -0.39 is 0 Å². The fraction of sp³-hybridized carbons (Fsp3) is 0.143. The van der Waals surface area contributed by atoms with Crippen LogP contribution in [0.2, 0.25) is 0 Å². The maximum Gasteiger partial charge on any atom is 0.146 e. The second-order valence-corrected chi connectivity index (χ2v) is 4.91. The van der Waals surface area contributed by atoms with E-state index in [2.05, 4.69) is 15.9 Å². The van der Waals surface area contributed by atoms with E-state index in [9.17, 15) is 4.39 Å². The van der Waals surface area contributed by atoms with E-state index in [1.54, 1.807) is 12.1 Å². The van der Waals surface area contributed by atoms with E-state index in [1.807, 2.05) is 43.1 Å². The molecule has 0 amide bonds. The second-order valence-electron chi connectivity index (χ2n) is 3.99. The fourth-order valence-corrected chi connectivity index (χ4v) is 2.07. The molecule has 0 unspecified atom stereocenters. The van der Waals surface area contributed by atoms with Crippen LogP contribution < -0.4 is 4.90 Å². The van der Waals surface area contributed by atoms with Gasteiger partial charge in [0.25, 0.3) is 0 Å². The third kappa shape index (κ3) is 2.67. The molecule has 0 radical (unpaired) electrons. The van der Waals surface area contributed by atoms with E-state index in [-0.39, 0.29) is 5.82 Å². The molecular formula is C14H13BrFN. The average molecular weight is 294 g/mol. The SMILES string of the molecule is Cc1cccc(N(C)c2cc(Br)ccc2F)c1. The van der Waals surface area contributed by atoms with Gasteiger partial charge in [0, 0.05) is 17.2 Å². The smallest absolute Gasteiger partial charge is 0.146 e. The molecule has 17 heavy (non-hydrogen) atoms. The van der Waals surface area contributed by atoms with Gasteiger partial charge in [-0.3, -0.25) is 0 Å². The number of halogens is 2. The van der Waals surface area contributed by atoms with Crippen LogP contribution >= 0.6 is 15.9 Å². The molecule has 0 spiro atoms. The van der Waals surface area contributed by atoms with Crippen LogP contribution in [0.25, 0.3) is 0 Å². The Morgan fingerprint density at radius 2 is 1.88 bits per heavy atom. The van der Waals surface area contributed by atoms with Gasteiger partial charge in [-0.2, -0.15) is 0 Å². The third-order valence-electron chi connectivity index (χ3n) is 2.66. The molecular weight excluding hydrogens is 281 g/mol. The van der Waals surface area contributed by atoms with Gasteiger partial charge in [0.15, 0.2) is 0 Å². The molecule has 2 aromatic rings. The summed E-state index contributed by atoms with van der Waals surface area (Å²) in [5.41, 5.74) is 2.69. The Kier molecular flexibility index (Phi) is 3.48. The molecule has 3 heteroatoms. The maximum absolute atomic E-state index is 13.7. The Morgan fingerprint density at radius 3 is 2.59 bits per heavy atom. The number of hydrogen-bond acceptors (Lipinski definition) is 1. The average Bonchev–Trinajstić information content (AvgIpc) is 2.31. The second kappa shape index (κ2) is 4.88. The first kappa shape index (κ1) is 12.1. The third-order valence-corrected chi connectivity index (χ3v) is 3.15. The Balaban J connectivity index is 2.43. The number of anilines is 2. The van der Waals surface area contributed by atoms with Gasteiger partial charge in [0.1, 0.15) is 5.82 Å². The molecule has 88 valence electrons. The van der Waals surface area contributed by atoms with Crippen LogP contribution in [0.1, 0.15) is 5.56 Å². The lowest BCUT2D eigenvalue weighted by Crippen LogP contribution is -2.11. The van der Waals surface area contributed by atoms with Gasteiger partial charge in [0.2, 0.25) is 0 Å². The number of rotatable bonds is 2. The minimum atomic E-state index is -0.225. The molecule has 1 nitrogen and oxygen atoms in total. The standard InChI is InChI=1S/C14H13BrFN/c1-10-4-3-5-12(8-10)17(2)14-9-11(15)6-7-13(14)16/h3-9H,1-2H3. The van der Waals surface area contributed by atoms with E-state index in [1.165, 1.54) is 6.07 Å².